The van der Waals surface area contributed by atoms with Gasteiger partial charge in [-0.25, -0.2) is 0 Å². The van der Waals surface area contributed by atoms with Gasteiger partial charge in [0.2, 0.25) is 0 Å². The maximum absolute atomic E-state index is 11.9. The molecule has 0 saturated carbocycles. The van der Waals surface area contributed by atoms with Gasteiger partial charge in [0.1, 0.15) is 0 Å². The standard InChI is InChI=1S/2C16H21BO3/c1-12(18)14(11-13-9-7-6-8-10-13)17-19-15(2,3)16(4,5)20-17;1-12(18)11-14(13-9-7-6-8-10-13)17-19-15(2,3)16(4,5)20-17/h2*6-11H,1-5H3/b2*14-11+. The fraction of sp³-hybridized carbons (Fsp3) is 0.438. The molecule has 2 aromatic rings. The van der Waals surface area contributed by atoms with Gasteiger partial charge in [0.15, 0.2) is 11.6 Å². The smallest absolute Gasteiger partial charge is 0.399 e. The van der Waals surface area contributed by atoms with Crippen molar-refractivity contribution >= 4 is 37.4 Å². The van der Waals surface area contributed by atoms with Gasteiger partial charge in [0.05, 0.1) is 22.4 Å². The van der Waals surface area contributed by atoms with Crippen LogP contribution in [0.3, 0.4) is 0 Å². The molecule has 6 nitrogen and oxygen atoms in total. The third-order valence-electron chi connectivity index (χ3n) is 8.01. The molecule has 0 spiro atoms. The van der Waals surface area contributed by atoms with E-state index < -0.39 is 36.6 Å². The van der Waals surface area contributed by atoms with Gasteiger partial charge in [-0.3, -0.25) is 9.59 Å². The molecule has 0 bridgehead atoms. The summed E-state index contributed by atoms with van der Waals surface area (Å²) in [6.45, 7) is 19.0. The maximum Gasteiger partial charge on any atom is 0.498 e. The van der Waals surface area contributed by atoms with Crippen molar-refractivity contribution in [2.45, 2.75) is 91.6 Å². The predicted molar refractivity (Wildman–Crippen MR) is 162 cm³/mol. The summed E-state index contributed by atoms with van der Waals surface area (Å²) in [5.41, 5.74) is 1.52. The predicted octanol–water partition coefficient (Wildman–Crippen LogP) is 6.58. The average molecular weight is 544 g/mol. The van der Waals surface area contributed by atoms with Gasteiger partial charge in [0, 0.05) is 5.47 Å². The first kappa shape index (κ1) is 31.8. The van der Waals surface area contributed by atoms with E-state index in [1.54, 1.807) is 13.0 Å². The minimum atomic E-state index is -0.613. The Bertz CT molecular complexity index is 1230. The Morgan fingerprint density at radius 1 is 0.625 bits per heavy atom. The SMILES string of the molecule is CC(=O)/C(=C\c1ccccc1)B1OC(C)(C)C(C)(C)O1.CC(=O)/C=C(/B1OC(C)(C)C(C)(C)O1)c1ccccc1. The number of carbonyl (C=O) groups excluding carboxylic acids is 2. The van der Waals surface area contributed by atoms with E-state index in [-0.39, 0.29) is 11.6 Å². The first-order valence-corrected chi connectivity index (χ1v) is 13.7. The zero-order valence-corrected chi connectivity index (χ0v) is 25.5. The molecule has 40 heavy (non-hydrogen) atoms. The lowest BCUT2D eigenvalue weighted by molar-refractivity contribution is -0.113. The molecule has 0 aliphatic carbocycles. The third-order valence-corrected chi connectivity index (χ3v) is 8.01. The van der Waals surface area contributed by atoms with Crippen molar-refractivity contribution in [3.63, 3.8) is 0 Å². The molecule has 2 aliphatic heterocycles. The topological polar surface area (TPSA) is 71.1 Å². The second-order valence-corrected chi connectivity index (χ2v) is 12.3. The minimum Gasteiger partial charge on any atom is -0.399 e. The highest BCUT2D eigenvalue weighted by Gasteiger charge is 2.53. The van der Waals surface area contributed by atoms with Crippen LogP contribution in [0.2, 0.25) is 0 Å². The molecule has 0 amide bonds. The van der Waals surface area contributed by atoms with Crippen LogP contribution in [0.1, 0.15) is 80.4 Å². The van der Waals surface area contributed by atoms with Gasteiger partial charge < -0.3 is 18.6 Å². The second-order valence-electron chi connectivity index (χ2n) is 12.3. The molecule has 0 N–H and O–H groups in total. The van der Waals surface area contributed by atoms with Gasteiger partial charge in [-0.2, -0.15) is 0 Å². The summed E-state index contributed by atoms with van der Waals surface area (Å²) >= 11 is 0. The fourth-order valence-electron chi connectivity index (χ4n) is 4.14. The average Bonchev–Trinajstić information content (AvgIpc) is 3.21. The molecule has 0 aromatic heterocycles. The van der Waals surface area contributed by atoms with Crippen LogP contribution in [-0.4, -0.2) is 48.2 Å². The van der Waals surface area contributed by atoms with Crippen LogP contribution >= 0.6 is 0 Å². The molecule has 8 heteroatoms. The molecule has 2 saturated heterocycles. The number of carbonyl (C=O) groups is 2. The first-order valence-electron chi connectivity index (χ1n) is 13.7. The fourth-order valence-corrected chi connectivity index (χ4v) is 4.14. The highest BCUT2D eigenvalue weighted by Crippen LogP contribution is 2.41. The maximum atomic E-state index is 11.9. The number of allylic oxidation sites excluding steroid dienone is 2. The molecule has 2 aliphatic rings. The van der Waals surface area contributed by atoms with E-state index in [9.17, 15) is 9.59 Å². The molecule has 2 fully saturated rings. The Hall–Kier alpha value is -2.77. The largest absolute Gasteiger partial charge is 0.498 e. The quantitative estimate of drug-likeness (QED) is 0.302. The summed E-state index contributed by atoms with van der Waals surface area (Å²) in [4.78, 5) is 23.4. The van der Waals surface area contributed by atoms with Crippen LogP contribution in [0, 0.1) is 0 Å². The molecule has 2 heterocycles. The van der Waals surface area contributed by atoms with E-state index in [4.69, 9.17) is 18.6 Å². The lowest BCUT2D eigenvalue weighted by Gasteiger charge is -2.32. The van der Waals surface area contributed by atoms with E-state index in [0.717, 1.165) is 16.6 Å². The van der Waals surface area contributed by atoms with Crippen molar-refractivity contribution in [3.05, 3.63) is 83.3 Å². The van der Waals surface area contributed by atoms with E-state index in [1.165, 1.54) is 6.92 Å². The van der Waals surface area contributed by atoms with Crippen molar-refractivity contribution in [1.29, 1.82) is 0 Å². The van der Waals surface area contributed by atoms with Crippen LogP contribution in [0.15, 0.2) is 72.2 Å². The van der Waals surface area contributed by atoms with Gasteiger partial charge in [-0.15, -0.1) is 0 Å². The summed E-state index contributed by atoms with van der Waals surface area (Å²) < 4.78 is 24.0. The number of hydrogen-bond donors (Lipinski definition) is 0. The Morgan fingerprint density at radius 3 is 1.43 bits per heavy atom. The van der Waals surface area contributed by atoms with Crippen molar-refractivity contribution in [2.75, 3.05) is 0 Å². The molecule has 2 aromatic carbocycles. The Morgan fingerprint density at radius 2 is 1.02 bits per heavy atom. The van der Waals surface area contributed by atoms with Gasteiger partial charge in [-0.05, 0) is 91.9 Å². The van der Waals surface area contributed by atoms with Crippen LogP contribution in [-0.2, 0) is 28.2 Å². The summed E-state index contributed by atoms with van der Waals surface area (Å²) in [7, 11) is -1.14. The molecule has 0 unspecified atom stereocenters. The highest BCUT2D eigenvalue weighted by molar-refractivity contribution is 6.69. The van der Waals surface area contributed by atoms with E-state index in [2.05, 4.69) is 0 Å². The van der Waals surface area contributed by atoms with E-state index in [0.29, 0.717) is 5.47 Å². The lowest BCUT2D eigenvalue weighted by Crippen LogP contribution is -2.41. The molecular weight excluding hydrogens is 502 g/mol. The zero-order valence-electron chi connectivity index (χ0n) is 25.5. The summed E-state index contributed by atoms with van der Waals surface area (Å²) in [5, 5.41) is 0. The lowest BCUT2D eigenvalue weighted by atomic mass is 9.73. The Balaban J connectivity index is 0.000000220. The van der Waals surface area contributed by atoms with E-state index in [1.807, 2.05) is 122 Å². The summed E-state index contributed by atoms with van der Waals surface area (Å²) in [6.07, 6.45) is 3.43. The molecule has 212 valence electrons. The van der Waals surface area contributed by atoms with Gasteiger partial charge in [-0.1, -0.05) is 66.7 Å². The number of hydrogen-bond acceptors (Lipinski definition) is 6. The third kappa shape index (κ3) is 7.29. The number of Topliss-reactive ketones (excluding diaryl/α,β-unsaturated/α-hetero) is 1. The van der Waals surface area contributed by atoms with Gasteiger partial charge in [0.25, 0.3) is 0 Å². The summed E-state index contributed by atoms with van der Waals surface area (Å²) in [6, 6.07) is 19.5. The zero-order chi connectivity index (χ0) is 29.9. The van der Waals surface area contributed by atoms with Crippen molar-refractivity contribution in [3.8, 4) is 0 Å². The summed E-state index contributed by atoms with van der Waals surface area (Å²) in [5.74, 6) is -0.0501. The Kier molecular flexibility index (Phi) is 9.52. The first-order chi connectivity index (χ1) is 18.5. The minimum absolute atomic E-state index is 0.0152. The van der Waals surface area contributed by atoms with Crippen LogP contribution < -0.4 is 0 Å². The Labute approximate surface area is 240 Å². The van der Waals surface area contributed by atoms with Crippen LogP contribution in [0.4, 0.5) is 0 Å². The van der Waals surface area contributed by atoms with Crippen LogP contribution in [0.25, 0.3) is 11.5 Å². The normalized spacial score (nSPS) is 21.1. The number of rotatable bonds is 6. The van der Waals surface area contributed by atoms with Crippen molar-refractivity contribution < 1.29 is 28.2 Å². The monoisotopic (exact) mass is 544 g/mol. The number of ketones is 2. The van der Waals surface area contributed by atoms with Crippen molar-refractivity contribution in [2.24, 2.45) is 0 Å². The van der Waals surface area contributed by atoms with Crippen LogP contribution in [0.5, 0.6) is 0 Å². The molecule has 0 radical (unpaired) electrons. The molecule has 4 rings (SSSR count). The number of benzene rings is 2. The molecular formula is C32H42B2O6. The molecule has 0 atom stereocenters. The van der Waals surface area contributed by atoms with Crippen molar-refractivity contribution in [1.82, 2.24) is 0 Å². The van der Waals surface area contributed by atoms with E-state index >= 15 is 0 Å². The second kappa shape index (κ2) is 12.0. The highest BCUT2D eigenvalue weighted by atomic mass is 16.7. The van der Waals surface area contributed by atoms with Gasteiger partial charge >= 0.3 is 14.2 Å².